The van der Waals surface area contributed by atoms with E-state index in [0.717, 1.165) is 5.56 Å². The molecule has 14 heavy (non-hydrogen) atoms. The largest absolute Gasteiger partial charge is 0.472 e. The topological polar surface area (TPSA) is 57.0 Å². The lowest BCUT2D eigenvalue weighted by molar-refractivity contribution is 0.537. The lowest BCUT2D eigenvalue weighted by atomic mass is 10.2. The van der Waals surface area contributed by atoms with Crippen LogP contribution in [0.5, 0.6) is 0 Å². The van der Waals surface area contributed by atoms with E-state index in [9.17, 15) is 0 Å². The van der Waals surface area contributed by atoms with Gasteiger partial charge in [-0.15, -0.1) is 0 Å². The molecule has 2 heterocycles. The van der Waals surface area contributed by atoms with Gasteiger partial charge in [-0.1, -0.05) is 11.6 Å². The molecule has 2 aromatic heterocycles. The third-order valence-corrected chi connectivity index (χ3v) is 2.47. The summed E-state index contributed by atoms with van der Waals surface area (Å²) in [5.74, 6) is 0.473. The van der Waals surface area contributed by atoms with Crippen LogP contribution in [0.4, 0.5) is 5.82 Å². The van der Waals surface area contributed by atoms with E-state index in [2.05, 4.69) is 5.10 Å². The molecule has 2 rings (SSSR count). The molecule has 0 aliphatic carbocycles. The maximum absolute atomic E-state index is 5.80. The van der Waals surface area contributed by atoms with Gasteiger partial charge in [0.05, 0.1) is 24.8 Å². The molecular formula is C9H10ClN3O. The minimum absolute atomic E-state index is 0.0289. The van der Waals surface area contributed by atoms with E-state index in [1.165, 1.54) is 6.20 Å². The van der Waals surface area contributed by atoms with Crippen molar-refractivity contribution in [3.8, 4) is 0 Å². The molecule has 4 nitrogen and oxygen atoms in total. The van der Waals surface area contributed by atoms with Gasteiger partial charge in [-0.25, -0.2) is 4.68 Å². The van der Waals surface area contributed by atoms with Crippen LogP contribution in [0.3, 0.4) is 0 Å². The van der Waals surface area contributed by atoms with Gasteiger partial charge in [0, 0.05) is 5.56 Å². The second kappa shape index (κ2) is 3.38. The van der Waals surface area contributed by atoms with Crippen molar-refractivity contribution in [1.29, 1.82) is 0 Å². The molecule has 0 saturated heterocycles. The van der Waals surface area contributed by atoms with Crippen molar-refractivity contribution >= 4 is 17.4 Å². The Morgan fingerprint density at radius 3 is 2.93 bits per heavy atom. The van der Waals surface area contributed by atoms with Crippen molar-refractivity contribution in [1.82, 2.24) is 9.78 Å². The zero-order chi connectivity index (χ0) is 10.1. The van der Waals surface area contributed by atoms with Crippen LogP contribution in [0.25, 0.3) is 0 Å². The summed E-state index contributed by atoms with van der Waals surface area (Å²) in [5.41, 5.74) is 6.76. The van der Waals surface area contributed by atoms with Crippen molar-refractivity contribution in [3.63, 3.8) is 0 Å². The molecule has 2 aromatic rings. The maximum Gasteiger partial charge on any atom is 0.141 e. The molecule has 1 unspecified atom stereocenters. The fourth-order valence-corrected chi connectivity index (χ4v) is 1.44. The van der Waals surface area contributed by atoms with Gasteiger partial charge in [-0.3, -0.25) is 0 Å². The number of nitrogen functional groups attached to an aromatic ring is 1. The van der Waals surface area contributed by atoms with Crippen LogP contribution in [0, 0.1) is 0 Å². The molecule has 0 aliphatic rings. The maximum atomic E-state index is 5.80. The molecule has 0 amide bonds. The summed E-state index contributed by atoms with van der Waals surface area (Å²) in [6, 6.07) is 1.90. The van der Waals surface area contributed by atoms with E-state index >= 15 is 0 Å². The van der Waals surface area contributed by atoms with Gasteiger partial charge in [0.1, 0.15) is 10.8 Å². The number of anilines is 1. The number of nitrogens with two attached hydrogens (primary N) is 1. The SMILES string of the molecule is CC(c1ccoc1)n1ncc(Cl)c1N. The number of hydrogen-bond acceptors (Lipinski definition) is 3. The van der Waals surface area contributed by atoms with E-state index < -0.39 is 0 Å². The molecule has 5 heteroatoms. The first-order chi connectivity index (χ1) is 6.70. The summed E-state index contributed by atoms with van der Waals surface area (Å²) in [7, 11) is 0. The van der Waals surface area contributed by atoms with Crippen molar-refractivity contribution in [2.75, 3.05) is 5.73 Å². The third kappa shape index (κ3) is 1.37. The number of rotatable bonds is 2. The molecule has 0 aromatic carbocycles. The smallest absolute Gasteiger partial charge is 0.141 e. The van der Waals surface area contributed by atoms with Crippen LogP contribution in [-0.4, -0.2) is 9.78 Å². The van der Waals surface area contributed by atoms with Gasteiger partial charge < -0.3 is 10.2 Å². The van der Waals surface area contributed by atoms with Gasteiger partial charge in [0.15, 0.2) is 0 Å². The molecular weight excluding hydrogens is 202 g/mol. The molecule has 0 fully saturated rings. The zero-order valence-electron chi connectivity index (χ0n) is 7.64. The third-order valence-electron chi connectivity index (χ3n) is 2.18. The van der Waals surface area contributed by atoms with Gasteiger partial charge in [-0.05, 0) is 13.0 Å². The Bertz CT molecular complexity index is 421. The lowest BCUT2D eigenvalue weighted by Crippen LogP contribution is -2.10. The highest BCUT2D eigenvalue weighted by Crippen LogP contribution is 2.25. The highest BCUT2D eigenvalue weighted by atomic mass is 35.5. The quantitative estimate of drug-likeness (QED) is 0.830. The summed E-state index contributed by atoms with van der Waals surface area (Å²) in [5, 5.41) is 4.56. The Labute approximate surface area is 86.3 Å². The molecule has 1 atom stereocenters. The Balaban J connectivity index is 2.36. The van der Waals surface area contributed by atoms with Crippen LogP contribution in [-0.2, 0) is 0 Å². The number of furan rings is 1. The molecule has 0 spiro atoms. The first-order valence-electron chi connectivity index (χ1n) is 4.20. The number of halogens is 1. The first kappa shape index (κ1) is 9.15. The average Bonchev–Trinajstić information content (AvgIpc) is 2.77. The van der Waals surface area contributed by atoms with E-state index in [1.807, 2.05) is 13.0 Å². The van der Waals surface area contributed by atoms with Crippen molar-refractivity contribution in [2.24, 2.45) is 0 Å². The summed E-state index contributed by atoms with van der Waals surface area (Å²) in [6.07, 6.45) is 4.82. The second-order valence-corrected chi connectivity index (χ2v) is 3.46. The Hall–Kier alpha value is -1.42. The van der Waals surface area contributed by atoms with E-state index in [-0.39, 0.29) is 6.04 Å². The normalized spacial score (nSPS) is 13.0. The molecule has 0 saturated carbocycles. The van der Waals surface area contributed by atoms with Crippen molar-refractivity contribution in [3.05, 3.63) is 35.4 Å². The van der Waals surface area contributed by atoms with E-state index in [0.29, 0.717) is 10.8 Å². The standard InChI is InChI=1S/C9H10ClN3O/c1-6(7-2-3-14-5-7)13-9(11)8(10)4-12-13/h2-6H,11H2,1H3. The van der Waals surface area contributed by atoms with Crippen LogP contribution in [0.1, 0.15) is 18.5 Å². The number of hydrogen-bond donors (Lipinski definition) is 1. The Morgan fingerprint density at radius 2 is 2.43 bits per heavy atom. The fourth-order valence-electron chi connectivity index (χ4n) is 1.31. The van der Waals surface area contributed by atoms with Crippen LogP contribution in [0.15, 0.2) is 29.2 Å². The van der Waals surface area contributed by atoms with Crippen molar-refractivity contribution in [2.45, 2.75) is 13.0 Å². The Kier molecular flexibility index (Phi) is 2.21. The lowest BCUT2D eigenvalue weighted by Gasteiger charge is -2.11. The zero-order valence-corrected chi connectivity index (χ0v) is 8.40. The highest BCUT2D eigenvalue weighted by molar-refractivity contribution is 6.32. The highest BCUT2D eigenvalue weighted by Gasteiger charge is 2.14. The molecule has 0 aliphatic heterocycles. The molecule has 74 valence electrons. The monoisotopic (exact) mass is 211 g/mol. The summed E-state index contributed by atoms with van der Waals surface area (Å²) >= 11 is 5.80. The van der Waals surface area contributed by atoms with Crippen LogP contribution in [0.2, 0.25) is 5.02 Å². The van der Waals surface area contributed by atoms with Crippen LogP contribution >= 0.6 is 11.6 Å². The van der Waals surface area contributed by atoms with Gasteiger partial charge in [-0.2, -0.15) is 5.10 Å². The first-order valence-corrected chi connectivity index (χ1v) is 4.58. The van der Waals surface area contributed by atoms with Crippen molar-refractivity contribution < 1.29 is 4.42 Å². The van der Waals surface area contributed by atoms with E-state index in [4.69, 9.17) is 21.8 Å². The Morgan fingerprint density at radius 1 is 1.64 bits per heavy atom. The summed E-state index contributed by atoms with van der Waals surface area (Å²) < 4.78 is 6.65. The van der Waals surface area contributed by atoms with Gasteiger partial charge in [0.2, 0.25) is 0 Å². The predicted molar refractivity (Wildman–Crippen MR) is 54.2 cm³/mol. The van der Waals surface area contributed by atoms with E-state index in [1.54, 1.807) is 17.2 Å². The number of nitrogens with zero attached hydrogens (tertiary/aromatic N) is 2. The fraction of sp³-hybridized carbons (Fsp3) is 0.222. The molecule has 2 N–H and O–H groups in total. The predicted octanol–water partition coefficient (Wildman–Crippen LogP) is 2.32. The second-order valence-electron chi connectivity index (χ2n) is 3.05. The minimum Gasteiger partial charge on any atom is -0.472 e. The van der Waals surface area contributed by atoms with Crippen LogP contribution < -0.4 is 5.73 Å². The average molecular weight is 212 g/mol. The molecule has 0 radical (unpaired) electrons. The minimum atomic E-state index is 0.0289. The van der Waals surface area contributed by atoms with Gasteiger partial charge >= 0.3 is 0 Å². The molecule has 0 bridgehead atoms. The number of aromatic nitrogens is 2. The summed E-state index contributed by atoms with van der Waals surface area (Å²) in [6.45, 7) is 1.98. The van der Waals surface area contributed by atoms with Gasteiger partial charge in [0.25, 0.3) is 0 Å². The summed E-state index contributed by atoms with van der Waals surface area (Å²) in [4.78, 5) is 0.